The molecule has 8 heteroatoms. The van der Waals surface area contributed by atoms with Crippen LogP contribution in [0.3, 0.4) is 0 Å². The van der Waals surface area contributed by atoms with E-state index in [0.29, 0.717) is 25.9 Å². The van der Waals surface area contributed by atoms with Crippen LogP contribution in [0.1, 0.15) is 30.5 Å². The van der Waals surface area contributed by atoms with Crippen molar-refractivity contribution in [2.24, 2.45) is 11.5 Å². The fourth-order valence-corrected chi connectivity index (χ4v) is 2.84. The molecule has 0 saturated carbocycles. The lowest BCUT2D eigenvalue weighted by Gasteiger charge is -2.21. The molecule has 1 aromatic carbocycles. The molecule has 1 heterocycles. The summed E-state index contributed by atoms with van der Waals surface area (Å²) in [6.07, 6.45) is 6.64. The fraction of sp³-hybridized carbons (Fsp3) is 0.450. The van der Waals surface area contributed by atoms with Gasteiger partial charge in [0.1, 0.15) is 6.04 Å². The monoisotopic (exact) mass is 386 g/mol. The predicted octanol–water partition coefficient (Wildman–Crippen LogP) is 0.252. The van der Waals surface area contributed by atoms with Crippen LogP contribution in [0.25, 0.3) is 0 Å². The van der Waals surface area contributed by atoms with Gasteiger partial charge in [0.05, 0.1) is 12.4 Å². The van der Waals surface area contributed by atoms with Crippen LogP contribution in [0.5, 0.6) is 0 Å². The average molecular weight is 387 g/mol. The normalized spacial score (nSPS) is 12.9. The van der Waals surface area contributed by atoms with Crippen molar-refractivity contribution in [2.75, 3.05) is 13.1 Å². The molecule has 0 bridgehead atoms. The number of nitrogens with two attached hydrogens (primary N) is 2. The number of aromatic nitrogens is 2. The summed E-state index contributed by atoms with van der Waals surface area (Å²) in [6, 6.07) is 8.13. The van der Waals surface area contributed by atoms with Crippen LogP contribution < -0.4 is 22.1 Å². The van der Waals surface area contributed by atoms with Gasteiger partial charge in [-0.2, -0.15) is 0 Å². The van der Waals surface area contributed by atoms with E-state index in [1.807, 2.05) is 30.3 Å². The zero-order valence-corrected chi connectivity index (χ0v) is 16.1. The van der Waals surface area contributed by atoms with Gasteiger partial charge in [-0.25, -0.2) is 4.98 Å². The summed E-state index contributed by atoms with van der Waals surface area (Å²) in [5.41, 5.74) is 13.2. The maximum atomic E-state index is 12.6. The fourth-order valence-electron chi connectivity index (χ4n) is 2.84. The largest absolute Gasteiger partial charge is 0.354 e. The van der Waals surface area contributed by atoms with Crippen molar-refractivity contribution in [3.05, 3.63) is 54.1 Å². The molecule has 0 aliphatic rings. The topological polar surface area (TPSA) is 139 Å². The van der Waals surface area contributed by atoms with Gasteiger partial charge in [-0.15, -0.1) is 0 Å². The Morgan fingerprint density at radius 1 is 1.07 bits per heavy atom. The number of nitrogens with one attached hydrogen (secondary N) is 3. The molecule has 0 aliphatic heterocycles. The van der Waals surface area contributed by atoms with E-state index in [0.717, 1.165) is 30.5 Å². The molecule has 2 atom stereocenters. The number of hydrogen-bond donors (Lipinski definition) is 5. The number of H-pyrrole nitrogens is 1. The van der Waals surface area contributed by atoms with Crippen LogP contribution in [0.4, 0.5) is 0 Å². The summed E-state index contributed by atoms with van der Waals surface area (Å²) in [6.45, 7) is 1.20. The highest BCUT2D eigenvalue weighted by atomic mass is 16.2. The van der Waals surface area contributed by atoms with Crippen LogP contribution in [0.15, 0.2) is 42.9 Å². The molecular formula is C20H30N6O2. The van der Waals surface area contributed by atoms with Gasteiger partial charge in [-0.05, 0) is 24.9 Å². The predicted molar refractivity (Wildman–Crippen MR) is 108 cm³/mol. The lowest BCUT2D eigenvalue weighted by atomic mass is 10.0. The molecule has 0 fully saturated rings. The first-order valence-corrected chi connectivity index (χ1v) is 9.65. The summed E-state index contributed by atoms with van der Waals surface area (Å²) in [5, 5.41) is 5.70. The Balaban J connectivity index is 1.94. The third kappa shape index (κ3) is 7.50. The summed E-state index contributed by atoms with van der Waals surface area (Å²) in [7, 11) is 0. The second kappa shape index (κ2) is 11.9. The maximum absolute atomic E-state index is 12.6. The Morgan fingerprint density at radius 3 is 2.54 bits per heavy atom. The first-order valence-electron chi connectivity index (χ1n) is 9.65. The number of aromatic amines is 1. The zero-order chi connectivity index (χ0) is 20.2. The van der Waals surface area contributed by atoms with E-state index in [-0.39, 0.29) is 11.8 Å². The van der Waals surface area contributed by atoms with Gasteiger partial charge in [0.15, 0.2) is 0 Å². The number of carbonyl (C=O) groups is 2. The van der Waals surface area contributed by atoms with Crippen molar-refractivity contribution in [3.63, 3.8) is 0 Å². The highest BCUT2D eigenvalue weighted by molar-refractivity contribution is 5.90. The molecule has 8 nitrogen and oxygen atoms in total. The number of hydrogen-bond acceptors (Lipinski definition) is 5. The number of nitrogens with zero attached hydrogens (tertiary/aromatic N) is 1. The van der Waals surface area contributed by atoms with Gasteiger partial charge < -0.3 is 27.1 Å². The van der Waals surface area contributed by atoms with E-state index in [1.165, 1.54) is 6.33 Å². The molecule has 2 amide bonds. The van der Waals surface area contributed by atoms with Gasteiger partial charge in [-0.3, -0.25) is 9.59 Å². The SMILES string of the molecule is NCCCCCNC(=O)[C@H](Cc1ccccc1)NC(=O)[C@@H](N)Cc1cnc[nH]1. The van der Waals surface area contributed by atoms with Gasteiger partial charge >= 0.3 is 0 Å². The summed E-state index contributed by atoms with van der Waals surface area (Å²) in [4.78, 5) is 32.0. The molecule has 0 radical (unpaired) electrons. The van der Waals surface area contributed by atoms with Crippen LogP contribution >= 0.6 is 0 Å². The van der Waals surface area contributed by atoms with E-state index in [2.05, 4.69) is 20.6 Å². The van der Waals surface area contributed by atoms with Crippen LogP contribution in [-0.4, -0.2) is 47.0 Å². The highest BCUT2D eigenvalue weighted by Crippen LogP contribution is 2.05. The van der Waals surface area contributed by atoms with Crippen molar-refractivity contribution in [2.45, 2.75) is 44.2 Å². The molecular weight excluding hydrogens is 356 g/mol. The van der Waals surface area contributed by atoms with Gasteiger partial charge in [0, 0.05) is 31.3 Å². The minimum atomic E-state index is -0.768. The average Bonchev–Trinajstić information content (AvgIpc) is 3.21. The first kappa shape index (κ1) is 21.6. The van der Waals surface area contributed by atoms with Gasteiger partial charge in [0.2, 0.25) is 11.8 Å². The molecule has 0 saturated heterocycles. The molecule has 0 aliphatic carbocycles. The molecule has 0 spiro atoms. The third-order valence-electron chi connectivity index (χ3n) is 4.43. The smallest absolute Gasteiger partial charge is 0.242 e. The number of imidazole rings is 1. The van der Waals surface area contributed by atoms with E-state index in [9.17, 15) is 9.59 Å². The lowest BCUT2D eigenvalue weighted by Crippen LogP contribution is -2.53. The Bertz CT molecular complexity index is 705. The summed E-state index contributed by atoms with van der Waals surface area (Å²) in [5.74, 6) is -0.576. The van der Waals surface area contributed by atoms with E-state index in [4.69, 9.17) is 11.5 Å². The number of rotatable bonds is 12. The number of benzene rings is 1. The molecule has 0 unspecified atom stereocenters. The molecule has 2 aromatic rings. The van der Waals surface area contributed by atoms with Gasteiger partial charge in [-0.1, -0.05) is 36.8 Å². The van der Waals surface area contributed by atoms with Crippen molar-refractivity contribution in [1.29, 1.82) is 0 Å². The third-order valence-corrected chi connectivity index (χ3v) is 4.43. The molecule has 152 valence electrons. The molecule has 1 aromatic heterocycles. The highest BCUT2D eigenvalue weighted by Gasteiger charge is 2.24. The second-order valence-electron chi connectivity index (χ2n) is 6.78. The quantitative estimate of drug-likeness (QED) is 0.333. The zero-order valence-electron chi connectivity index (χ0n) is 16.1. The standard InChI is InChI=1S/C20H30N6O2/c21-9-5-2-6-10-24-20(28)18(11-15-7-3-1-4-8-15)26-19(27)17(22)12-16-13-23-14-25-16/h1,3-4,7-8,13-14,17-18H,2,5-6,9-12,21-22H2,(H,23,25)(H,24,28)(H,26,27)/t17-,18-/m0/s1. The van der Waals surface area contributed by atoms with Crippen molar-refractivity contribution >= 4 is 11.8 Å². The molecule has 28 heavy (non-hydrogen) atoms. The van der Waals surface area contributed by atoms with E-state index < -0.39 is 12.1 Å². The number of carbonyl (C=O) groups excluding carboxylic acids is 2. The van der Waals surface area contributed by atoms with Crippen molar-refractivity contribution < 1.29 is 9.59 Å². The Kier molecular flexibility index (Phi) is 9.17. The summed E-state index contributed by atoms with van der Waals surface area (Å²) >= 11 is 0. The number of amides is 2. The van der Waals surface area contributed by atoms with Crippen molar-refractivity contribution in [1.82, 2.24) is 20.6 Å². The Labute approximate surface area is 165 Å². The number of unbranched alkanes of at least 4 members (excludes halogenated alkanes) is 2. The minimum absolute atomic E-state index is 0.210. The first-order chi connectivity index (χ1) is 13.6. The van der Waals surface area contributed by atoms with E-state index >= 15 is 0 Å². The Morgan fingerprint density at radius 2 is 1.86 bits per heavy atom. The van der Waals surface area contributed by atoms with Crippen LogP contribution in [0, 0.1) is 0 Å². The van der Waals surface area contributed by atoms with Gasteiger partial charge in [0.25, 0.3) is 0 Å². The second-order valence-corrected chi connectivity index (χ2v) is 6.78. The molecule has 2 rings (SSSR count). The Hall–Kier alpha value is -2.71. The summed E-state index contributed by atoms with van der Waals surface area (Å²) < 4.78 is 0. The van der Waals surface area contributed by atoms with Crippen LogP contribution in [-0.2, 0) is 22.4 Å². The molecule has 7 N–H and O–H groups in total. The maximum Gasteiger partial charge on any atom is 0.242 e. The minimum Gasteiger partial charge on any atom is -0.354 e. The van der Waals surface area contributed by atoms with Crippen molar-refractivity contribution in [3.8, 4) is 0 Å². The van der Waals surface area contributed by atoms with Crippen LogP contribution in [0.2, 0.25) is 0 Å². The lowest BCUT2D eigenvalue weighted by molar-refractivity contribution is -0.129. The van der Waals surface area contributed by atoms with E-state index in [1.54, 1.807) is 6.20 Å².